The molecule has 3 aliphatic rings. The molecule has 3 aliphatic heterocycles. The van der Waals surface area contributed by atoms with Gasteiger partial charge in [0.1, 0.15) is 0 Å². The van der Waals surface area contributed by atoms with Crippen LogP contribution in [0.15, 0.2) is 18.5 Å². The Bertz CT molecular complexity index is 946. The monoisotopic (exact) mass is 441 g/mol. The highest BCUT2D eigenvalue weighted by Crippen LogP contribution is 2.46. The standard InChI is InChI=1S/C23H31N5O2S/c1-3-18-9-19-20(31-18)4-7-30-23(19)5-6-28(15(2)10-23)14-16-11-25-22(26-12-16)27-17-8-21(29)24-13-17/h9,11-12,15,17H,3-8,10,13-14H2,1-2H3,(H,24,29)(H,25,26,27)/t15-,17?,23+/m0/s1. The molecule has 0 aliphatic carbocycles. The van der Waals surface area contributed by atoms with Gasteiger partial charge in [-0.25, -0.2) is 9.97 Å². The van der Waals surface area contributed by atoms with Gasteiger partial charge in [0.25, 0.3) is 0 Å². The molecular formula is C23H31N5O2S. The number of aryl methyl sites for hydroxylation is 1. The third kappa shape index (κ3) is 4.21. The smallest absolute Gasteiger partial charge is 0.222 e. The Morgan fingerprint density at radius 3 is 2.94 bits per heavy atom. The average molecular weight is 442 g/mol. The van der Waals surface area contributed by atoms with E-state index in [-0.39, 0.29) is 17.6 Å². The summed E-state index contributed by atoms with van der Waals surface area (Å²) in [5, 5.41) is 6.05. The van der Waals surface area contributed by atoms with E-state index in [0.29, 0.717) is 25.0 Å². The highest BCUT2D eigenvalue weighted by molar-refractivity contribution is 7.12. The maximum Gasteiger partial charge on any atom is 0.222 e. The molecule has 2 aromatic rings. The number of amides is 1. The topological polar surface area (TPSA) is 79.4 Å². The van der Waals surface area contributed by atoms with Crippen molar-refractivity contribution in [3.63, 3.8) is 0 Å². The van der Waals surface area contributed by atoms with E-state index in [1.165, 1.54) is 10.4 Å². The van der Waals surface area contributed by atoms with Crippen LogP contribution < -0.4 is 10.6 Å². The lowest BCUT2D eigenvalue weighted by atomic mass is 9.79. The van der Waals surface area contributed by atoms with E-state index >= 15 is 0 Å². The van der Waals surface area contributed by atoms with E-state index in [1.807, 2.05) is 23.7 Å². The van der Waals surface area contributed by atoms with E-state index in [2.05, 4.69) is 45.4 Å². The zero-order valence-corrected chi connectivity index (χ0v) is 19.1. The largest absolute Gasteiger partial charge is 0.370 e. The van der Waals surface area contributed by atoms with Crippen LogP contribution in [0.1, 0.15) is 54.0 Å². The summed E-state index contributed by atoms with van der Waals surface area (Å²) in [6.45, 7) is 7.87. The maximum absolute atomic E-state index is 11.3. The summed E-state index contributed by atoms with van der Waals surface area (Å²) < 4.78 is 6.46. The van der Waals surface area contributed by atoms with Crippen molar-refractivity contribution >= 4 is 23.2 Å². The van der Waals surface area contributed by atoms with E-state index in [1.54, 1.807) is 4.88 Å². The minimum Gasteiger partial charge on any atom is -0.370 e. The molecule has 0 bridgehead atoms. The Labute approximate surface area is 187 Å². The number of nitrogens with one attached hydrogen (secondary N) is 2. The Morgan fingerprint density at radius 1 is 1.39 bits per heavy atom. The molecule has 2 N–H and O–H groups in total. The number of likely N-dealkylation sites (tertiary alicyclic amines) is 1. The second-order valence-corrected chi connectivity index (χ2v) is 10.3. The van der Waals surface area contributed by atoms with Crippen LogP contribution in [0, 0.1) is 0 Å². The van der Waals surface area contributed by atoms with Crippen molar-refractivity contribution in [2.45, 2.75) is 70.2 Å². The van der Waals surface area contributed by atoms with Crippen LogP contribution in [-0.2, 0) is 34.5 Å². The lowest BCUT2D eigenvalue weighted by Gasteiger charge is -2.47. The summed E-state index contributed by atoms with van der Waals surface area (Å²) in [7, 11) is 0. The molecule has 2 aromatic heterocycles. The Morgan fingerprint density at radius 2 is 2.23 bits per heavy atom. The van der Waals surface area contributed by atoms with Gasteiger partial charge in [-0.05, 0) is 37.8 Å². The number of anilines is 1. The summed E-state index contributed by atoms with van der Waals surface area (Å²) in [5.41, 5.74) is 2.47. The molecule has 31 heavy (non-hydrogen) atoms. The molecule has 0 aromatic carbocycles. The lowest BCUT2D eigenvalue weighted by molar-refractivity contribution is -0.119. The SMILES string of the molecule is CCc1cc2c(s1)CCO[C@@]21CCN(Cc2cnc(NC3CNC(=O)C3)nc2)[C@@H](C)C1. The number of ether oxygens (including phenoxy) is 1. The summed E-state index contributed by atoms with van der Waals surface area (Å²) in [4.78, 5) is 25.8. The Kier molecular flexibility index (Phi) is 5.71. The molecule has 1 spiro atoms. The van der Waals surface area contributed by atoms with Crippen LogP contribution in [0.5, 0.6) is 0 Å². The number of hydrogen-bond donors (Lipinski definition) is 2. The normalized spacial score (nSPS) is 28.5. The first-order chi connectivity index (χ1) is 15.0. The molecule has 0 radical (unpaired) electrons. The van der Waals surface area contributed by atoms with Crippen LogP contribution in [0.3, 0.4) is 0 Å². The van der Waals surface area contributed by atoms with Gasteiger partial charge in [0.15, 0.2) is 0 Å². The van der Waals surface area contributed by atoms with Crippen LogP contribution in [0.2, 0.25) is 0 Å². The van der Waals surface area contributed by atoms with E-state index < -0.39 is 0 Å². The van der Waals surface area contributed by atoms with Gasteiger partial charge >= 0.3 is 0 Å². The van der Waals surface area contributed by atoms with Gasteiger partial charge in [-0.2, -0.15) is 0 Å². The second kappa shape index (κ2) is 8.48. The number of piperidine rings is 1. The van der Waals surface area contributed by atoms with Gasteiger partial charge in [0, 0.05) is 66.2 Å². The Hall–Kier alpha value is -2.03. The molecule has 2 saturated heterocycles. The summed E-state index contributed by atoms with van der Waals surface area (Å²) in [6.07, 6.45) is 8.51. The fraction of sp³-hybridized carbons (Fsp3) is 0.609. The summed E-state index contributed by atoms with van der Waals surface area (Å²) in [5.74, 6) is 0.664. The zero-order chi connectivity index (χ0) is 21.4. The average Bonchev–Trinajstić information content (AvgIpc) is 3.38. The number of carbonyl (C=O) groups excluding carboxylic acids is 1. The van der Waals surface area contributed by atoms with Gasteiger partial charge in [0.2, 0.25) is 11.9 Å². The lowest BCUT2D eigenvalue weighted by Crippen LogP contribution is -2.50. The molecule has 5 rings (SSSR count). The number of thiophene rings is 1. The molecule has 7 nitrogen and oxygen atoms in total. The van der Waals surface area contributed by atoms with Crippen molar-refractivity contribution in [1.29, 1.82) is 0 Å². The second-order valence-electron chi connectivity index (χ2n) is 9.03. The highest BCUT2D eigenvalue weighted by atomic mass is 32.1. The minimum absolute atomic E-state index is 0.0716. The molecule has 0 saturated carbocycles. The molecular weight excluding hydrogens is 410 g/mol. The van der Waals surface area contributed by atoms with Crippen molar-refractivity contribution in [1.82, 2.24) is 20.2 Å². The number of hydrogen-bond acceptors (Lipinski definition) is 7. The van der Waals surface area contributed by atoms with E-state index in [0.717, 1.165) is 50.9 Å². The molecule has 1 amide bonds. The first-order valence-corrected chi connectivity index (χ1v) is 12.2. The molecule has 166 valence electrons. The number of aromatic nitrogens is 2. The first-order valence-electron chi connectivity index (χ1n) is 11.4. The summed E-state index contributed by atoms with van der Waals surface area (Å²) in [6, 6.07) is 2.91. The molecule has 1 unspecified atom stereocenters. The third-order valence-corrected chi connectivity index (χ3v) is 8.20. The van der Waals surface area contributed by atoms with Gasteiger partial charge < -0.3 is 15.4 Å². The van der Waals surface area contributed by atoms with Crippen LogP contribution >= 0.6 is 11.3 Å². The van der Waals surface area contributed by atoms with Crippen molar-refractivity contribution in [2.75, 3.05) is 25.0 Å². The van der Waals surface area contributed by atoms with Gasteiger partial charge in [-0.15, -0.1) is 11.3 Å². The summed E-state index contributed by atoms with van der Waals surface area (Å²) >= 11 is 1.98. The molecule has 3 atom stereocenters. The van der Waals surface area contributed by atoms with Crippen molar-refractivity contribution < 1.29 is 9.53 Å². The number of carbonyl (C=O) groups is 1. The van der Waals surface area contributed by atoms with Crippen LogP contribution in [0.25, 0.3) is 0 Å². The fourth-order valence-electron chi connectivity index (χ4n) is 5.15. The fourth-order valence-corrected chi connectivity index (χ4v) is 6.32. The Balaban J connectivity index is 1.22. The molecule has 5 heterocycles. The zero-order valence-electron chi connectivity index (χ0n) is 18.3. The van der Waals surface area contributed by atoms with Crippen LogP contribution in [-0.4, -0.2) is 52.6 Å². The van der Waals surface area contributed by atoms with E-state index in [9.17, 15) is 4.79 Å². The van der Waals surface area contributed by atoms with Gasteiger partial charge in [-0.3, -0.25) is 9.69 Å². The predicted octanol–water partition coefficient (Wildman–Crippen LogP) is 2.85. The number of nitrogens with zero attached hydrogens (tertiary/aromatic N) is 3. The molecule has 2 fully saturated rings. The minimum atomic E-state index is -0.107. The predicted molar refractivity (Wildman–Crippen MR) is 121 cm³/mol. The van der Waals surface area contributed by atoms with Crippen molar-refractivity contribution in [2.24, 2.45) is 0 Å². The first kappa shape index (κ1) is 20.8. The number of rotatable bonds is 5. The van der Waals surface area contributed by atoms with Gasteiger partial charge in [-0.1, -0.05) is 6.92 Å². The van der Waals surface area contributed by atoms with Gasteiger partial charge in [0.05, 0.1) is 18.2 Å². The van der Waals surface area contributed by atoms with Crippen LogP contribution in [0.4, 0.5) is 5.95 Å². The number of fused-ring (bicyclic) bond motifs is 2. The molecule has 8 heteroatoms. The van der Waals surface area contributed by atoms with Crippen molar-refractivity contribution in [3.05, 3.63) is 39.3 Å². The van der Waals surface area contributed by atoms with Crippen molar-refractivity contribution in [3.8, 4) is 0 Å². The van der Waals surface area contributed by atoms with E-state index in [4.69, 9.17) is 4.74 Å². The maximum atomic E-state index is 11.3. The third-order valence-electron chi connectivity index (χ3n) is 6.86. The highest BCUT2D eigenvalue weighted by Gasteiger charge is 2.44. The quantitative estimate of drug-likeness (QED) is 0.743.